The lowest BCUT2D eigenvalue weighted by molar-refractivity contribution is 0.0699. The van der Waals surface area contributed by atoms with Crippen molar-refractivity contribution in [2.75, 3.05) is 68.4 Å². The smallest absolute Gasteiger partial charge is 0.268 e. The van der Waals surface area contributed by atoms with Crippen LogP contribution in [0.15, 0.2) is 71.1 Å². The molecule has 4 N–H and O–H groups in total. The van der Waals surface area contributed by atoms with Crippen LogP contribution in [0.2, 0.25) is 5.02 Å². The van der Waals surface area contributed by atoms with Gasteiger partial charge in [0.1, 0.15) is 5.75 Å². The van der Waals surface area contributed by atoms with E-state index < -0.39 is 15.9 Å². The predicted octanol–water partition coefficient (Wildman–Crippen LogP) is 7.45. The summed E-state index contributed by atoms with van der Waals surface area (Å²) in [6, 6.07) is 18.1. The van der Waals surface area contributed by atoms with Gasteiger partial charge in [0, 0.05) is 69.3 Å². The lowest BCUT2D eigenvalue weighted by Crippen LogP contribution is -2.47. The summed E-state index contributed by atoms with van der Waals surface area (Å²) < 4.78 is 40.5. The third-order valence-corrected chi connectivity index (χ3v) is 12.2. The van der Waals surface area contributed by atoms with Crippen LogP contribution in [-0.4, -0.2) is 77.8 Å². The molecule has 2 saturated heterocycles. The van der Waals surface area contributed by atoms with E-state index in [1.165, 1.54) is 35.3 Å². The molecule has 1 amide bonds. The number of nitrogens with zero attached hydrogens (tertiary/aromatic N) is 2. The number of carbonyl (C=O) groups excluding carboxylic acids is 1. The molecule has 2 aliphatic heterocycles. The molecule has 10 nitrogen and oxygen atoms in total. The third-order valence-electron chi connectivity index (χ3n) is 10.6. The molecule has 0 atom stereocenters. The molecular formula is C41H54ClN5O5S. The molecule has 0 bridgehead atoms. The molecule has 3 aromatic carbocycles. The van der Waals surface area contributed by atoms with E-state index in [0.29, 0.717) is 23.0 Å². The number of halogens is 1. The van der Waals surface area contributed by atoms with Gasteiger partial charge in [-0.15, -0.1) is 0 Å². The lowest BCUT2D eigenvalue weighted by atomic mass is 9.72. The maximum atomic E-state index is 13.5. The first-order chi connectivity index (χ1) is 25.3. The Morgan fingerprint density at radius 2 is 1.74 bits per heavy atom. The number of amides is 1. The van der Waals surface area contributed by atoms with Crippen molar-refractivity contribution in [2.24, 2.45) is 11.3 Å². The average molecular weight is 764 g/mol. The van der Waals surface area contributed by atoms with E-state index in [2.05, 4.69) is 45.8 Å². The topological polar surface area (TPSA) is 126 Å². The monoisotopic (exact) mass is 763 g/mol. The fourth-order valence-electron chi connectivity index (χ4n) is 7.45. The van der Waals surface area contributed by atoms with Crippen molar-refractivity contribution in [2.45, 2.75) is 70.8 Å². The molecule has 0 unspecified atom stereocenters. The normalized spacial score (nSPS) is 18.6. The van der Waals surface area contributed by atoms with Gasteiger partial charge >= 0.3 is 0 Å². The van der Waals surface area contributed by atoms with Gasteiger partial charge in [0.05, 0.1) is 27.9 Å². The van der Waals surface area contributed by atoms with Gasteiger partial charge < -0.3 is 25.4 Å². The van der Waals surface area contributed by atoms with Crippen LogP contribution in [-0.2, 0) is 14.8 Å². The highest BCUT2D eigenvalue weighted by atomic mass is 35.5. The Hall–Kier alpha value is -3.77. The molecule has 1 aliphatic carbocycles. The second-order valence-corrected chi connectivity index (χ2v) is 17.8. The van der Waals surface area contributed by atoms with Crippen LogP contribution in [0.4, 0.5) is 17.1 Å². The number of nitrogens with two attached hydrogens (primary N) is 1. The van der Waals surface area contributed by atoms with E-state index >= 15 is 0 Å². The number of hydrogen-bond acceptors (Lipinski definition) is 9. The summed E-state index contributed by atoms with van der Waals surface area (Å²) in [5.41, 5.74) is 12.8. The standard InChI is InChI=1S/C41H54ClN5O5S/c1-28(2)52-39-23-33(47-19-17-46(18-20-47)27-31-13-16-41(3,4)25-36(31)30-5-7-32(42)8-6-30)9-11-35(39)40(48)45-53(49,50)34-10-12-38(37(43)24-34)44-26-29-14-21-51-22-15-29/h5-12,23-24,28-29,44H,13-22,25-27,43H2,1-4H3,(H,45,48). The molecule has 0 aromatic heterocycles. The van der Waals surface area contributed by atoms with Crippen LogP contribution in [0, 0.1) is 11.3 Å². The summed E-state index contributed by atoms with van der Waals surface area (Å²) in [6.45, 7) is 15.0. The van der Waals surface area contributed by atoms with Crippen LogP contribution >= 0.6 is 11.6 Å². The maximum absolute atomic E-state index is 13.5. The van der Waals surface area contributed by atoms with E-state index in [0.717, 1.165) is 88.9 Å². The van der Waals surface area contributed by atoms with E-state index in [4.69, 9.17) is 26.8 Å². The highest BCUT2D eigenvalue weighted by Crippen LogP contribution is 2.43. The Morgan fingerprint density at radius 3 is 2.42 bits per heavy atom. The average Bonchev–Trinajstić information content (AvgIpc) is 3.12. The number of anilines is 3. The molecular weight excluding hydrogens is 710 g/mol. The van der Waals surface area contributed by atoms with Crippen molar-refractivity contribution >= 4 is 50.2 Å². The Morgan fingerprint density at radius 1 is 1.02 bits per heavy atom. The fraction of sp³-hybridized carbons (Fsp3) is 0.488. The van der Waals surface area contributed by atoms with Crippen LogP contribution in [0.25, 0.3) is 5.57 Å². The Balaban J connectivity index is 1.10. The van der Waals surface area contributed by atoms with Gasteiger partial charge in [-0.2, -0.15) is 0 Å². The molecule has 0 spiro atoms. The first-order valence-electron chi connectivity index (χ1n) is 18.8. The molecule has 286 valence electrons. The Kier molecular flexibility index (Phi) is 12.3. The quantitative estimate of drug-likeness (QED) is 0.161. The van der Waals surface area contributed by atoms with Crippen LogP contribution in [0.3, 0.4) is 0 Å². The van der Waals surface area contributed by atoms with E-state index in [9.17, 15) is 13.2 Å². The molecule has 6 rings (SSSR count). The molecule has 0 saturated carbocycles. The lowest BCUT2D eigenvalue weighted by Gasteiger charge is -2.39. The molecule has 2 heterocycles. The Labute approximate surface area is 320 Å². The van der Waals surface area contributed by atoms with Gasteiger partial charge in [-0.25, -0.2) is 13.1 Å². The van der Waals surface area contributed by atoms with E-state index in [1.54, 1.807) is 12.1 Å². The van der Waals surface area contributed by atoms with Crippen molar-refractivity contribution < 1.29 is 22.7 Å². The number of carbonyl (C=O) groups is 1. The Bertz CT molecular complexity index is 1900. The summed E-state index contributed by atoms with van der Waals surface area (Å²) in [5, 5.41) is 4.08. The van der Waals surface area contributed by atoms with Gasteiger partial charge in [-0.1, -0.05) is 43.2 Å². The number of ether oxygens (including phenoxy) is 2. The number of allylic oxidation sites excluding steroid dienone is 1. The minimum atomic E-state index is -4.21. The molecule has 53 heavy (non-hydrogen) atoms. The van der Waals surface area contributed by atoms with E-state index in [1.807, 2.05) is 38.1 Å². The SMILES string of the molecule is CC(C)Oc1cc(N2CCN(CC3=C(c4ccc(Cl)cc4)CC(C)(C)CC3)CC2)ccc1C(=O)NS(=O)(=O)c1ccc(NCC2CCOCC2)c(N)c1. The maximum Gasteiger partial charge on any atom is 0.268 e. The second kappa shape index (κ2) is 16.7. The summed E-state index contributed by atoms with van der Waals surface area (Å²) in [6.07, 6.45) is 5.03. The van der Waals surface area contributed by atoms with Gasteiger partial charge in [0.2, 0.25) is 0 Å². The number of nitrogen functional groups attached to an aromatic ring is 1. The zero-order valence-corrected chi connectivity index (χ0v) is 33.0. The molecule has 3 aliphatic rings. The van der Waals surface area contributed by atoms with E-state index in [-0.39, 0.29) is 22.0 Å². The number of piperazine rings is 1. The largest absolute Gasteiger partial charge is 0.490 e. The van der Waals surface area contributed by atoms with Gasteiger partial charge in [0.25, 0.3) is 15.9 Å². The van der Waals surface area contributed by atoms with Crippen molar-refractivity contribution in [3.8, 4) is 5.75 Å². The van der Waals surface area contributed by atoms with Crippen molar-refractivity contribution in [1.82, 2.24) is 9.62 Å². The first kappa shape index (κ1) is 38.9. The van der Waals surface area contributed by atoms with Gasteiger partial charge in [0.15, 0.2) is 0 Å². The highest BCUT2D eigenvalue weighted by Gasteiger charge is 2.30. The third kappa shape index (κ3) is 10.1. The number of benzene rings is 3. The zero-order valence-electron chi connectivity index (χ0n) is 31.4. The summed E-state index contributed by atoms with van der Waals surface area (Å²) >= 11 is 6.22. The number of rotatable bonds is 12. The molecule has 3 aromatic rings. The minimum absolute atomic E-state index is 0.0891. The highest BCUT2D eigenvalue weighted by molar-refractivity contribution is 7.90. The number of nitrogens with one attached hydrogen (secondary N) is 2. The second-order valence-electron chi connectivity index (χ2n) is 15.7. The summed E-state index contributed by atoms with van der Waals surface area (Å²) in [5.74, 6) is 0.0381. The summed E-state index contributed by atoms with van der Waals surface area (Å²) in [7, 11) is -4.21. The van der Waals surface area contributed by atoms with Crippen molar-refractivity contribution in [3.63, 3.8) is 0 Å². The van der Waals surface area contributed by atoms with Gasteiger partial charge in [-0.05, 0) is 111 Å². The fourth-order valence-corrected chi connectivity index (χ4v) is 8.58. The van der Waals surface area contributed by atoms with Crippen LogP contribution in [0.1, 0.15) is 75.7 Å². The zero-order chi connectivity index (χ0) is 37.8. The predicted molar refractivity (Wildman–Crippen MR) is 214 cm³/mol. The van der Waals surface area contributed by atoms with Crippen LogP contribution in [0.5, 0.6) is 5.75 Å². The minimum Gasteiger partial charge on any atom is -0.490 e. The first-order valence-corrected chi connectivity index (χ1v) is 20.7. The number of hydrogen-bond donors (Lipinski definition) is 3. The summed E-state index contributed by atoms with van der Waals surface area (Å²) in [4.78, 5) is 18.2. The molecule has 2 fully saturated rings. The number of sulfonamides is 1. The molecule has 12 heteroatoms. The van der Waals surface area contributed by atoms with Crippen molar-refractivity contribution in [3.05, 3.63) is 82.4 Å². The van der Waals surface area contributed by atoms with Crippen molar-refractivity contribution in [1.29, 1.82) is 0 Å². The van der Waals surface area contributed by atoms with Crippen LogP contribution < -0.4 is 25.4 Å². The van der Waals surface area contributed by atoms with Gasteiger partial charge in [-0.3, -0.25) is 9.69 Å². The molecule has 0 radical (unpaired) electrons.